The molecule has 0 atom stereocenters. The molecular formula is C21H22ClIN2O3S. The SMILES string of the molecule is CCOc1cc(C(=S)N2CCCC2)cc(I)c1OCC(=O)Nc1cccc(Cl)c1. The van der Waals surface area contributed by atoms with Gasteiger partial charge in [-0.2, -0.15) is 0 Å². The molecule has 2 aromatic carbocycles. The molecular weight excluding hydrogens is 523 g/mol. The van der Waals surface area contributed by atoms with Crippen molar-refractivity contribution < 1.29 is 14.3 Å². The van der Waals surface area contributed by atoms with Gasteiger partial charge < -0.3 is 19.7 Å². The van der Waals surface area contributed by atoms with Gasteiger partial charge >= 0.3 is 0 Å². The quantitative estimate of drug-likeness (QED) is 0.387. The molecule has 0 radical (unpaired) electrons. The Bertz CT molecular complexity index is 903. The van der Waals surface area contributed by atoms with Crippen molar-refractivity contribution in [3.63, 3.8) is 0 Å². The van der Waals surface area contributed by atoms with Crippen molar-refractivity contribution in [3.8, 4) is 11.5 Å². The Labute approximate surface area is 194 Å². The molecule has 5 nitrogen and oxygen atoms in total. The Hall–Kier alpha value is -1.58. The van der Waals surface area contributed by atoms with Crippen LogP contribution in [0.25, 0.3) is 0 Å². The Balaban J connectivity index is 1.72. The fraction of sp³-hybridized carbons (Fsp3) is 0.333. The van der Waals surface area contributed by atoms with E-state index < -0.39 is 0 Å². The number of likely N-dealkylation sites (tertiary alicyclic amines) is 1. The predicted octanol–water partition coefficient (Wildman–Crippen LogP) is 5.13. The number of benzene rings is 2. The van der Waals surface area contributed by atoms with Crippen LogP contribution in [0.1, 0.15) is 25.3 Å². The van der Waals surface area contributed by atoms with Crippen molar-refractivity contribution in [1.29, 1.82) is 0 Å². The first-order chi connectivity index (χ1) is 14.0. The highest BCUT2D eigenvalue weighted by atomic mass is 127. The van der Waals surface area contributed by atoms with E-state index in [1.807, 2.05) is 19.1 Å². The summed E-state index contributed by atoms with van der Waals surface area (Å²) in [5, 5.41) is 3.33. The Morgan fingerprint density at radius 1 is 1.24 bits per heavy atom. The molecule has 1 amide bonds. The van der Waals surface area contributed by atoms with Gasteiger partial charge in [0.05, 0.1) is 10.2 Å². The van der Waals surface area contributed by atoms with Crippen LogP contribution in [0, 0.1) is 3.57 Å². The highest BCUT2D eigenvalue weighted by Crippen LogP contribution is 2.35. The molecule has 1 N–H and O–H groups in total. The average molecular weight is 545 g/mol. The third kappa shape index (κ3) is 5.96. The number of nitrogens with one attached hydrogen (secondary N) is 1. The maximum atomic E-state index is 12.3. The number of anilines is 1. The minimum atomic E-state index is -0.276. The second kappa shape index (κ2) is 10.4. The van der Waals surface area contributed by atoms with Gasteiger partial charge in [0.25, 0.3) is 5.91 Å². The fourth-order valence-corrected chi connectivity index (χ4v) is 4.35. The third-order valence-electron chi connectivity index (χ3n) is 4.41. The molecule has 0 spiro atoms. The van der Waals surface area contributed by atoms with E-state index >= 15 is 0 Å². The first-order valence-corrected chi connectivity index (χ1v) is 11.3. The van der Waals surface area contributed by atoms with Crippen LogP contribution in [0.4, 0.5) is 5.69 Å². The highest BCUT2D eigenvalue weighted by Gasteiger charge is 2.20. The molecule has 3 rings (SSSR count). The lowest BCUT2D eigenvalue weighted by molar-refractivity contribution is -0.118. The van der Waals surface area contributed by atoms with E-state index in [2.05, 4.69) is 32.8 Å². The summed E-state index contributed by atoms with van der Waals surface area (Å²) in [5.74, 6) is 0.857. The van der Waals surface area contributed by atoms with Gasteiger partial charge in [0, 0.05) is 29.4 Å². The molecule has 154 valence electrons. The summed E-state index contributed by atoms with van der Waals surface area (Å²) in [6.45, 7) is 4.23. The number of rotatable bonds is 7. The van der Waals surface area contributed by atoms with E-state index in [-0.39, 0.29) is 12.5 Å². The first-order valence-electron chi connectivity index (χ1n) is 9.41. The van der Waals surface area contributed by atoms with Crippen molar-refractivity contribution in [2.24, 2.45) is 0 Å². The third-order valence-corrected chi connectivity index (χ3v) is 5.94. The normalized spacial score (nSPS) is 13.3. The van der Waals surface area contributed by atoms with Gasteiger partial charge in [-0.1, -0.05) is 29.9 Å². The van der Waals surface area contributed by atoms with Crippen LogP contribution < -0.4 is 14.8 Å². The highest BCUT2D eigenvalue weighted by molar-refractivity contribution is 14.1. The number of thiocarbonyl (C=S) groups is 1. The smallest absolute Gasteiger partial charge is 0.262 e. The summed E-state index contributed by atoms with van der Waals surface area (Å²) in [6, 6.07) is 10.9. The summed E-state index contributed by atoms with van der Waals surface area (Å²) in [4.78, 5) is 15.3. The van der Waals surface area contributed by atoms with E-state index in [0.29, 0.717) is 28.8 Å². The van der Waals surface area contributed by atoms with Crippen molar-refractivity contribution >= 4 is 63.0 Å². The first kappa shape index (κ1) is 22.1. The largest absolute Gasteiger partial charge is 0.490 e. The van der Waals surface area contributed by atoms with E-state index in [4.69, 9.17) is 33.3 Å². The molecule has 0 unspecified atom stereocenters. The van der Waals surface area contributed by atoms with Crippen molar-refractivity contribution in [2.75, 3.05) is 31.6 Å². The number of hydrogen-bond acceptors (Lipinski definition) is 4. The number of ether oxygens (including phenoxy) is 2. The molecule has 1 fully saturated rings. The molecule has 1 heterocycles. The summed E-state index contributed by atoms with van der Waals surface area (Å²) in [7, 11) is 0. The number of nitrogens with zero attached hydrogens (tertiary/aromatic N) is 1. The monoisotopic (exact) mass is 544 g/mol. The lowest BCUT2D eigenvalue weighted by atomic mass is 10.2. The minimum absolute atomic E-state index is 0.140. The maximum absolute atomic E-state index is 12.3. The zero-order valence-corrected chi connectivity index (χ0v) is 19.8. The lowest BCUT2D eigenvalue weighted by Gasteiger charge is -2.21. The van der Waals surface area contributed by atoms with Crippen LogP contribution in [0.3, 0.4) is 0 Å². The van der Waals surface area contributed by atoms with Crippen LogP contribution >= 0.6 is 46.4 Å². The van der Waals surface area contributed by atoms with Gasteiger partial charge in [-0.05, 0) is 72.7 Å². The Morgan fingerprint density at radius 3 is 2.69 bits per heavy atom. The van der Waals surface area contributed by atoms with Gasteiger partial charge in [0.15, 0.2) is 18.1 Å². The van der Waals surface area contributed by atoms with Crippen molar-refractivity contribution in [1.82, 2.24) is 4.90 Å². The number of halogens is 2. The lowest BCUT2D eigenvalue weighted by Crippen LogP contribution is -2.27. The summed E-state index contributed by atoms with van der Waals surface area (Å²) < 4.78 is 12.4. The number of carbonyl (C=O) groups excluding carboxylic acids is 1. The zero-order valence-electron chi connectivity index (χ0n) is 16.0. The molecule has 0 bridgehead atoms. The number of hydrogen-bond donors (Lipinski definition) is 1. The predicted molar refractivity (Wildman–Crippen MR) is 128 cm³/mol. The Morgan fingerprint density at radius 2 is 2.00 bits per heavy atom. The summed E-state index contributed by atoms with van der Waals surface area (Å²) in [5.41, 5.74) is 1.56. The molecule has 1 aliphatic heterocycles. The second-order valence-corrected chi connectivity index (χ2v) is 8.55. The van der Waals surface area contributed by atoms with E-state index in [0.717, 1.165) is 27.2 Å². The van der Waals surface area contributed by atoms with Crippen molar-refractivity contribution in [2.45, 2.75) is 19.8 Å². The van der Waals surface area contributed by atoms with Gasteiger partial charge in [0.2, 0.25) is 0 Å². The van der Waals surface area contributed by atoms with Crippen LogP contribution in [0.5, 0.6) is 11.5 Å². The molecule has 8 heteroatoms. The van der Waals surface area contributed by atoms with Crippen LogP contribution in [0.15, 0.2) is 36.4 Å². The standard InChI is InChI=1S/C21H22ClIN2O3S/c1-2-27-18-11-14(21(29)25-8-3-4-9-25)10-17(23)20(18)28-13-19(26)24-16-7-5-6-15(22)12-16/h5-7,10-12H,2-4,8-9,13H2,1H3,(H,24,26). The molecule has 2 aromatic rings. The van der Waals surface area contributed by atoms with Crippen LogP contribution in [-0.4, -0.2) is 42.1 Å². The van der Waals surface area contributed by atoms with Crippen molar-refractivity contribution in [3.05, 3.63) is 50.6 Å². The molecule has 0 aliphatic carbocycles. The number of carbonyl (C=O) groups is 1. The molecule has 29 heavy (non-hydrogen) atoms. The molecule has 0 aromatic heterocycles. The summed E-state index contributed by atoms with van der Waals surface area (Å²) in [6.07, 6.45) is 2.33. The zero-order chi connectivity index (χ0) is 20.8. The number of amides is 1. The van der Waals surface area contributed by atoms with E-state index in [9.17, 15) is 4.79 Å². The van der Waals surface area contributed by atoms with E-state index in [1.165, 1.54) is 12.8 Å². The minimum Gasteiger partial charge on any atom is -0.490 e. The van der Waals surface area contributed by atoms with Gasteiger partial charge in [-0.3, -0.25) is 4.79 Å². The average Bonchev–Trinajstić information content (AvgIpc) is 3.21. The Kier molecular flexibility index (Phi) is 7.97. The maximum Gasteiger partial charge on any atom is 0.262 e. The van der Waals surface area contributed by atoms with Crippen LogP contribution in [-0.2, 0) is 4.79 Å². The van der Waals surface area contributed by atoms with Gasteiger partial charge in [-0.15, -0.1) is 0 Å². The van der Waals surface area contributed by atoms with Gasteiger partial charge in [0.1, 0.15) is 4.99 Å². The summed E-state index contributed by atoms with van der Waals surface area (Å²) >= 11 is 13.8. The molecule has 0 saturated carbocycles. The molecule has 1 aliphatic rings. The van der Waals surface area contributed by atoms with Crippen LogP contribution in [0.2, 0.25) is 5.02 Å². The topological polar surface area (TPSA) is 50.8 Å². The molecule has 1 saturated heterocycles. The fourth-order valence-electron chi connectivity index (χ4n) is 3.10. The van der Waals surface area contributed by atoms with E-state index in [1.54, 1.807) is 24.3 Å². The van der Waals surface area contributed by atoms with Gasteiger partial charge in [-0.25, -0.2) is 0 Å². The second-order valence-electron chi connectivity index (χ2n) is 6.56.